The van der Waals surface area contributed by atoms with Gasteiger partial charge >= 0.3 is 0 Å². The van der Waals surface area contributed by atoms with Gasteiger partial charge in [0.2, 0.25) is 0 Å². The number of hydrogen-bond acceptors (Lipinski definition) is 3. The maximum absolute atomic E-state index is 5.57. The van der Waals surface area contributed by atoms with E-state index in [1.807, 2.05) is 30.5 Å². The van der Waals surface area contributed by atoms with Crippen molar-refractivity contribution in [2.45, 2.75) is 6.54 Å². The summed E-state index contributed by atoms with van der Waals surface area (Å²) >= 11 is 0. The first kappa shape index (κ1) is 9.84. The van der Waals surface area contributed by atoms with Crippen molar-refractivity contribution in [3.05, 3.63) is 54.4 Å². The van der Waals surface area contributed by atoms with Gasteiger partial charge in [0.25, 0.3) is 0 Å². The van der Waals surface area contributed by atoms with E-state index in [0.29, 0.717) is 12.4 Å². The zero-order valence-corrected chi connectivity index (χ0v) is 9.24. The minimum absolute atomic E-state index is 0.533. The third-order valence-electron chi connectivity index (χ3n) is 2.64. The van der Waals surface area contributed by atoms with Crippen molar-refractivity contribution in [3.8, 4) is 0 Å². The van der Waals surface area contributed by atoms with Crippen LogP contribution in [0.25, 0.3) is 10.9 Å². The molecule has 0 aliphatic rings. The van der Waals surface area contributed by atoms with Gasteiger partial charge < -0.3 is 5.73 Å². The summed E-state index contributed by atoms with van der Waals surface area (Å²) in [4.78, 5) is 4.58. The fourth-order valence-electron chi connectivity index (χ4n) is 1.83. The van der Waals surface area contributed by atoms with Crippen LogP contribution in [0.4, 0.5) is 5.82 Å². The van der Waals surface area contributed by atoms with Crippen LogP contribution in [0.5, 0.6) is 0 Å². The molecular weight excluding hydrogens is 212 g/mol. The quantitative estimate of drug-likeness (QED) is 0.724. The first-order valence-corrected chi connectivity index (χ1v) is 5.45. The number of anilines is 1. The number of nitrogen functional groups attached to an aromatic ring is 1. The number of hydrogen-bond donors (Lipinski definition) is 1. The second-order valence-corrected chi connectivity index (χ2v) is 3.93. The zero-order chi connectivity index (χ0) is 11.7. The molecule has 4 heteroatoms. The molecule has 2 N–H and O–H groups in total. The van der Waals surface area contributed by atoms with Crippen molar-refractivity contribution in [3.63, 3.8) is 0 Å². The molecule has 0 saturated carbocycles. The number of nitrogens with zero attached hydrogens (tertiary/aromatic N) is 3. The Balaban J connectivity index is 1.95. The summed E-state index contributed by atoms with van der Waals surface area (Å²) in [6.07, 6.45) is 1.85. The van der Waals surface area contributed by atoms with Gasteiger partial charge in [-0.05, 0) is 18.2 Å². The third-order valence-corrected chi connectivity index (χ3v) is 2.64. The summed E-state index contributed by atoms with van der Waals surface area (Å²) in [7, 11) is 0. The van der Waals surface area contributed by atoms with Crippen molar-refractivity contribution < 1.29 is 0 Å². The molecule has 4 nitrogen and oxygen atoms in total. The zero-order valence-electron chi connectivity index (χ0n) is 9.24. The topological polar surface area (TPSA) is 56.7 Å². The SMILES string of the molecule is Nc1ccn(Cc2ccc3ccccc3n2)n1. The Bertz CT molecular complexity index is 657. The average molecular weight is 224 g/mol. The van der Waals surface area contributed by atoms with E-state index in [0.717, 1.165) is 16.6 Å². The number of nitrogens with two attached hydrogens (primary N) is 1. The summed E-state index contributed by atoms with van der Waals surface area (Å²) in [5, 5.41) is 5.29. The summed E-state index contributed by atoms with van der Waals surface area (Å²) in [6.45, 7) is 0.641. The first-order chi connectivity index (χ1) is 8.31. The van der Waals surface area contributed by atoms with E-state index in [-0.39, 0.29) is 0 Å². The Morgan fingerprint density at radius 3 is 2.76 bits per heavy atom. The molecule has 2 aromatic heterocycles. The molecule has 3 rings (SSSR count). The van der Waals surface area contributed by atoms with E-state index in [4.69, 9.17) is 5.73 Å². The van der Waals surface area contributed by atoms with Crippen LogP contribution in [-0.4, -0.2) is 14.8 Å². The van der Waals surface area contributed by atoms with Crippen molar-refractivity contribution in [2.24, 2.45) is 0 Å². The molecule has 0 aliphatic carbocycles. The molecule has 0 amide bonds. The van der Waals surface area contributed by atoms with E-state index >= 15 is 0 Å². The number of para-hydroxylation sites is 1. The summed E-state index contributed by atoms with van der Waals surface area (Å²) in [6, 6.07) is 13.9. The molecule has 3 aromatic rings. The highest BCUT2D eigenvalue weighted by Crippen LogP contribution is 2.12. The van der Waals surface area contributed by atoms with E-state index < -0.39 is 0 Å². The van der Waals surface area contributed by atoms with E-state index in [1.54, 1.807) is 10.7 Å². The second-order valence-electron chi connectivity index (χ2n) is 3.93. The molecule has 1 aromatic carbocycles. The van der Waals surface area contributed by atoms with Crippen LogP contribution in [0.2, 0.25) is 0 Å². The summed E-state index contributed by atoms with van der Waals surface area (Å²) < 4.78 is 1.78. The monoisotopic (exact) mass is 224 g/mol. The van der Waals surface area contributed by atoms with Gasteiger partial charge in [0.15, 0.2) is 0 Å². The van der Waals surface area contributed by atoms with Crippen LogP contribution in [0.3, 0.4) is 0 Å². The lowest BCUT2D eigenvalue weighted by molar-refractivity contribution is 0.678. The Kier molecular flexibility index (Phi) is 2.26. The molecule has 0 atom stereocenters. The second kappa shape index (κ2) is 3.90. The van der Waals surface area contributed by atoms with Crippen LogP contribution in [0.1, 0.15) is 5.69 Å². The fraction of sp³-hybridized carbons (Fsp3) is 0.0769. The molecule has 0 spiro atoms. The summed E-state index contributed by atoms with van der Waals surface area (Å²) in [5.41, 5.74) is 7.55. The molecule has 2 heterocycles. The van der Waals surface area contributed by atoms with Gasteiger partial charge in [-0.2, -0.15) is 5.10 Å². The van der Waals surface area contributed by atoms with E-state index in [1.165, 1.54) is 0 Å². The van der Waals surface area contributed by atoms with Crippen molar-refractivity contribution in [1.82, 2.24) is 14.8 Å². The Morgan fingerprint density at radius 2 is 1.94 bits per heavy atom. The highest BCUT2D eigenvalue weighted by molar-refractivity contribution is 5.78. The number of fused-ring (bicyclic) bond motifs is 1. The van der Waals surface area contributed by atoms with Gasteiger partial charge in [0.05, 0.1) is 17.8 Å². The molecular formula is C13H12N4. The molecule has 0 saturated heterocycles. The van der Waals surface area contributed by atoms with E-state index in [9.17, 15) is 0 Å². The lowest BCUT2D eigenvalue weighted by Gasteiger charge is -2.03. The molecule has 0 aliphatic heterocycles. The van der Waals surface area contributed by atoms with Gasteiger partial charge in [-0.3, -0.25) is 9.67 Å². The van der Waals surface area contributed by atoms with Crippen molar-refractivity contribution >= 4 is 16.7 Å². The highest BCUT2D eigenvalue weighted by Gasteiger charge is 2.00. The lowest BCUT2D eigenvalue weighted by atomic mass is 10.2. The Hall–Kier alpha value is -2.36. The van der Waals surface area contributed by atoms with Gasteiger partial charge in [0, 0.05) is 11.6 Å². The fourth-order valence-corrected chi connectivity index (χ4v) is 1.83. The standard InChI is InChI=1S/C13H12N4/c14-13-7-8-17(16-13)9-11-6-5-10-3-1-2-4-12(10)15-11/h1-8H,9H2,(H2,14,16). The van der Waals surface area contributed by atoms with Gasteiger partial charge in [-0.15, -0.1) is 0 Å². The van der Waals surface area contributed by atoms with Gasteiger partial charge in [-0.25, -0.2) is 0 Å². The first-order valence-electron chi connectivity index (χ1n) is 5.45. The smallest absolute Gasteiger partial charge is 0.145 e. The molecule has 0 unspecified atom stereocenters. The number of aromatic nitrogens is 3. The Morgan fingerprint density at radius 1 is 1.06 bits per heavy atom. The molecule has 17 heavy (non-hydrogen) atoms. The number of pyridine rings is 1. The van der Waals surface area contributed by atoms with Gasteiger partial charge in [-0.1, -0.05) is 24.3 Å². The number of benzene rings is 1. The largest absolute Gasteiger partial charge is 0.382 e. The third kappa shape index (κ3) is 1.97. The van der Waals surface area contributed by atoms with Crippen LogP contribution in [-0.2, 0) is 6.54 Å². The predicted molar refractivity (Wildman–Crippen MR) is 67.5 cm³/mol. The molecule has 0 bridgehead atoms. The summed E-state index contributed by atoms with van der Waals surface area (Å²) in [5.74, 6) is 0.533. The van der Waals surface area contributed by atoms with Crippen LogP contribution in [0.15, 0.2) is 48.7 Å². The van der Waals surface area contributed by atoms with E-state index in [2.05, 4.69) is 22.2 Å². The Labute approximate surface area is 98.7 Å². The van der Waals surface area contributed by atoms with Crippen molar-refractivity contribution in [1.29, 1.82) is 0 Å². The van der Waals surface area contributed by atoms with Crippen molar-refractivity contribution in [2.75, 3.05) is 5.73 Å². The highest BCUT2D eigenvalue weighted by atomic mass is 15.3. The van der Waals surface area contributed by atoms with Crippen LogP contribution < -0.4 is 5.73 Å². The molecule has 84 valence electrons. The molecule has 0 radical (unpaired) electrons. The predicted octanol–water partition coefficient (Wildman–Crippen LogP) is 2.06. The minimum Gasteiger partial charge on any atom is -0.382 e. The average Bonchev–Trinajstić information content (AvgIpc) is 2.75. The maximum Gasteiger partial charge on any atom is 0.145 e. The number of rotatable bonds is 2. The van der Waals surface area contributed by atoms with Crippen LogP contribution in [0, 0.1) is 0 Å². The van der Waals surface area contributed by atoms with Crippen LogP contribution >= 0.6 is 0 Å². The molecule has 0 fully saturated rings. The normalized spacial score (nSPS) is 10.8. The minimum atomic E-state index is 0.533. The lowest BCUT2D eigenvalue weighted by Crippen LogP contribution is -2.03. The van der Waals surface area contributed by atoms with Gasteiger partial charge in [0.1, 0.15) is 5.82 Å². The maximum atomic E-state index is 5.57.